The molecular weight excluding hydrogens is 300 g/mol. The molecule has 0 aromatic heterocycles. The van der Waals surface area contributed by atoms with Gasteiger partial charge in [-0.2, -0.15) is 0 Å². The minimum atomic E-state index is 0.489. The molecule has 4 rings (SSSR count). The van der Waals surface area contributed by atoms with Gasteiger partial charge in [-0.3, -0.25) is 0 Å². The van der Waals surface area contributed by atoms with Crippen LogP contribution in [0.25, 0.3) is 32.7 Å². The lowest BCUT2D eigenvalue weighted by atomic mass is 9.83. The summed E-state index contributed by atoms with van der Waals surface area (Å²) in [4.78, 5) is 0. The van der Waals surface area contributed by atoms with Crippen LogP contribution in [-0.2, 0) is 6.42 Å². The van der Waals surface area contributed by atoms with E-state index in [0.29, 0.717) is 5.92 Å². The summed E-state index contributed by atoms with van der Waals surface area (Å²) < 4.78 is 0. The van der Waals surface area contributed by atoms with E-state index in [1.54, 1.807) is 0 Å². The Morgan fingerprint density at radius 1 is 0.640 bits per heavy atom. The Hall–Kier alpha value is -2.60. The van der Waals surface area contributed by atoms with Crippen molar-refractivity contribution in [1.29, 1.82) is 0 Å². The second kappa shape index (κ2) is 6.37. The summed E-state index contributed by atoms with van der Waals surface area (Å²) >= 11 is 0. The van der Waals surface area contributed by atoms with Gasteiger partial charge in [-0.05, 0) is 56.1 Å². The average Bonchev–Trinajstić information content (AvgIpc) is 2.66. The van der Waals surface area contributed by atoms with Gasteiger partial charge in [0.15, 0.2) is 0 Å². The van der Waals surface area contributed by atoms with E-state index in [1.165, 1.54) is 43.8 Å². The van der Waals surface area contributed by atoms with E-state index < -0.39 is 0 Å². The van der Waals surface area contributed by atoms with Crippen LogP contribution in [0.5, 0.6) is 0 Å². The Balaban J connectivity index is 2.22. The third-order valence-corrected chi connectivity index (χ3v) is 5.23. The van der Waals surface area contributed by atoms with Gasteiger partial charge in [0.25, 0.3) is 0 Å². The molecule has 4 aromatic rings. The van der Waals surface area contributed by atoms with E-state index >= 15 is 0 Å². The molecule has 0 saturated carbocycles. The third-order valence-electron chi connectivity index (χ3n) is 5.23. The summed E-state index contributed by atoms with van der Waals surface area (Å²) in [5, 5.41) is 5.36. The molecule has 0 atom stereocenters. The lowest BCUT2D eigenvalue weighted by Gasteiger charge is -2.20. The van der Waals surface area contributed by atoms with Crippen LogP contribution < -0.4 is 0 Å². The van der Waals surface area contributed by atoms with Crippen molar-refractivity contribution in [1.82, 2.24) is 0 Å². The lowest BCUT2D eigenvalue weighted by molar-refractivity contribution is 0.870. The number of rotatable bonds is 3. The van der Waals surface area contributed by atoms with Gasteiger partial charge >= 0.3 is 0 Å². The van der Waals surface area contributed by atoms with Gasteiger partial charge in [0.2, 0.25) is 0 Å². The van der Waals surface area contributed by atoms with Crippen LogP contribution in [0.2, 0.25) is 0 Å². The van der Waals surface area contributed by atoms with Crippen LogP contribution in [0.1, 0.15) is 37.8 Å². The van der Waals surface area contributed by atoms with E-state index in [1.807, 2.05) is 0 Å². The average molecular weight is 324 g/mol. The summed E-state index contributed by atoms with van der Waals surface area (Å²) in [6.07, 6.45) is 1.04. The maximum Gasteiger partial charge on any atom is -0.00617 e. The molecule has 0 radical (unpaired) electrons. The first-order chi connectivity index (χ1) is 12.2. The number of hydrogen-bond donors (Lipinski definition) is 0. The highest BCUT2D eigenvalue weighted by Crippen LogP contribution is 2.41. The van der Waals surface area contributed by atoms with Gasteiger partial charge in [0, 0.05) is 0 Å². The lowest BCUT2D eigenvalue weighted by Crippen LogP contribution is -1.98. The quantitative estimate of drug-likeness (QED) is 0.369. The van der Waals surface area contributed by atoms with Crippen molar-refractivity contribution < 1.29 is 0 Å². The number of aryl methyl sites for hydroxylation is 1. The molecule has 0 aliphatic carbocycles. The first kappa shape index (κ1) is 15.9. The number of fused-ring (bicyclic) bond motifs is 2. The zero-order valence-electron chi connectivity index (χ0n) is 15.2. The van der Waals surface area contributed by atoms with Gasteiger partial charge in [-0.25, -0.2) is 0 Å². The molecule has 0 bridgehead atoms. The maximum atomic E-state index is 2.32. The molecule has 0 unspecified atom stereocenters. The van der Waals surface area contributed by atoms with Crippen molar-refractivity contribution in [2.75, 3.05) is 0 Å². The van der Waals surface area contributed by atoms with Gasteiger partial charge in [-0.1, -0.05) is 93.6 Å². The first-order valence-electron chi connectivity index (χ1n) is 9.23. The Morgan fingerprint density at radius 3 is 1.80 bits per heavy atom. The molecule has 25 heavy (non-hydrogen) atoms. The molecule has 0 amide bonds. The van der Waals surface area contributed by atoms with Crippen molar-refractivity contribution in [2.45, 2.75) is 33.1 Å². The van der Waals surface area contributed by atoms with Crippen molar-refractivity contribution in [3.05, 3.63) is 83.9 Å². The molecular formula is C25H24. The predicted molar refractivity (Wildman–Crippen MR) is 110 cm³/mol. The highest BCUT2D eigenvalue weighted by molar-refractivity contribution is 6.07. The van der Waals surface area contributed by atoms with Crippen LogP contribution in [0.3, 0.4) is 0 Å². The van der Waals surface area contributed by atoms with Gasteiger partial charge in [0.05, 0.1) is 0 Å². The van der Waals surface area contributed by atoms with Gasteiger partial charge < -0.3 is 0 Å². The molecule has 0 heteroatoms. The van der Waals surface area contributed by atoms with E-state index in [9.17, 15) is 0 Å². The van der Waals surface area contributed by atoms with E-state index in [-0.39, 0.29) is 0 Å². The Labute approximate surface area is 150 Å². The fourth-order valence-electron chi connectivity index (χ4n) is 3.96. The number of benzene rings is 4. The van der Waals surface area contributed by atoms with E-state index in [2.05, 4.69) is 93.6 Å². The Morgan fingerprint density at radius 2 is 1.20 bits per heavy atom. The van der Waals surface area contributed by atoms with Gasteiger partial charge in [-0.15, -0.1) is 0 Å². The van der Waals surface area contributed by atoms with Crippen LogP contribution in [0.4, 0.5) is 0 Å². The summed E-state index contributed by atoms with van der Waals surface area (Å²) in [7, 11) is 0. The van der Waals surface area contributed by atoms with Gasteiger partial charge in [0.1, 0.15) is 0 Å². The second-order valence-electron chi connectivity index (χ2n) is 7.08. The van der Waals surface area contributed by atoms with Crippen LogP contribution >= 0.6 is 0 Å². The second-order valence-corrected chi connectivity index (χ2v) is 7.08. The minimum absolute atomic E-state index is 0.489. The maximum absolute atomic E-state index is 2.32. The Bertz CT molecular complexity index is 1050. The molecule has 124 valence electrons. The molecule has 0 heterocycles. The minimum Gasteiger partial charge on any atom is -0.0616 e. The van der Waals surface area contributed by atoms with Crippen molar-refractivity contribution in [2.24, 2.45) is 0 Å². The van der Waals surface area contributed by atoms with Crippen LogP contribution in [0.15, 0.2) is 72.8 Å². The molecule has 4 aromatic carbocycles. The third kappa shape index (κ3) is 2.62. The molecule has 0 aliphatic heterocycles. The first-order valence-corrected chi connectivity index (χ1v) is 9.23. The highest BCUT2D eigenvalue weighted by Gasteiger charge is 2.17. The van der Waals surface area contributed by atoms with Crippen molar-refractivity contribution >= 4 is 21.5 Å². The zero-order chi connectivity index (χ0) is 17.4. The smallest absolute Gasteiger partial charge is 0.00617 e. The summed E-state index contributed by atoms with van der Waals surface area (Å²) in [6.45, 7) is 6.85. The molecule has 0 nitrogen and oxygen atoms in total. The fraction of sp³-hybridized carbons (Fsp3) is 0.200. The highest BCUT2D eigenvalue weighted by atomic mass is 14.2. The monoisotopic (exact) mass is 324 g/mol. The molecule has 0 spiro atoms. The Kier molecular flexibility index (Phi) is 4.05. The number of hydrogen-bond acceptors (Lipinski definition) is 0. The summed E-state index contributed by atoms with van der Waals surface area (Å²) in [5.74, 6) is 0.489. The summed E-state index contributed by atoms with van der Waals surface area (Å²) in [5.41, 5.74) is 5.70. The predicted octanol–water partition coefficient (Wildman–Crippen LogP) is 7.35. The topological polar surface area (TPSA) is 0 Å². The van der Waals surface area contributed by atoms with Crippen molar-refractivity contribution in [3.63, 3.8) is 0 Å². The largest absolute Gasteiger partial charge is 0.0616 e. The zero-order valence-corrected chi connectivity index (χ0v) is 15.2. The van der Waals surface area contributed by atoms with Crippen molar-refractivity contribution in [3.8, 4) is 11.1 Å². The van der Waals surface area contributed by atoms with E-state index in [4.69, 9.17) is 0 Å². The fourth-order valence-corrected chi connectivity index (χ4v) is 3.96. The molecule has 0 N–H and O–H groups in total. The molecule has 0 aliphatic rings. The normalized spacial score (nSPS) is 11.5. The van der Waals surface area contributed by atoms with E-state index in [0.717, 1.165) is 6.42 Å². The molecule has 0 fully saturated rings. The van der Waals surface area contributed by atoms with Crippen LogP contribution in [0, 0.1) is 0 Å². The molecule has 0 saturated heterocycles. The standard InChI is InChI=1S/C25H24/c1-4-18-13-14-19-9-5-7-11-22(19)24(18)25-21(17(2)3)16-15-20-10-6-8-12-23(20)25/h5-17H,4H2,1-3H3. The summed E-state index contributed by atoms with van der Waals surface area (Å²) in [6, 6.07) is 26.7. The van der Waals surface area contributed by atoms with Crippen LogP contribution in [-0.4, -0.2) is 0 Å². The SMILES string of the molecule is CCc1ccc2ccccc2c1-c1c(C(C)C)ccc2ccccc12.